The number of benzene rings is 1. The minimum atomic E-state index is -3.98. The highest BCUT2D eigenvalue weighted by Gasteiger charge is 2.28. The van der Waals surface area contributed by atoms with Gasteiger partial charge in [-0.1, -0.05) is 0 Å². The molecule has 0 saturated heterocycles. The highest BCUT2D eigenvalue weighted by molar-refractivity contribution is 7.89. The number of nitrogens with two attached hydrogens (primary N) is 1. The summed E-state index contributed by atoms with van der Waals surface area (Å²) >= 11 is 0. The fraction of sp³-hybridized carbons (Fsp3) is 0.571. The molecule has 0 spiro atoms. The lowest BCUT2D eigenvalue weighted by Crippen LogP contribution is -2.37. The largest absolute Gasteiger partial charge is 0.381 e. The lowest BCUT2D eigenvalue weighted by Gasteiger charge is -2.35. The molecule has 0 radical (unpaired) electrons. The number of anilines is 1. The second-order valence-corrected chi connectivity index (χ2v) is 7.29. The maximum atomic E-state index is 11.4. The molecule has 0 atom stereocenters. The van der Waals surface area contributed by atoms with Gasteiger partial charge >= 0.3 is 0 Å². The van der Waals surface area contributed by atoms with E-state index in [2.05, 4.69) is 0 Å². The Bertz CT molecular complexity index is 684. The molecule has 0 amide bonds. The van der Waals surface area contributed by atoms with Crippen LogP contribution in [0.4, 0.5) is 11.4 Å². The number of sulfonamides is 1. The first-order valence-electron chi connectivity index (χ1n) is 7.31. The molecule has 1 aromatic rings. The first-order valence-corrected chi connectivity index (χ1v) is 8.85. The Balaban J connectivity index is 2.30. The van der Waals surface area contributed by atoms with E-state index in [0.29, 0.717) is 5.69 Å². The van der Waals surface area contributed by atoms with Crippen molar-refractivity contribution < 1.29 is 18.1 Å². The summed E-state index contributed by atoms with van der Waals surface area (Å²) in [5.41, 5.74) is 0.135. The molecule has 2 rings (SSSR count). The van der Waals surface area contributed by atoms with E-state index < -0.39 is 14.9 Å². The number of nitro groups is 1. The second kappa shape index (κ2) is 6.81. The van der Waals surface area contributed by atoms with Crippen LogP contribution in [0.2, 0.25) is 0 Å². The van der Waals surface area contributed by atoms with Gasteiger partial charge in [-0.2, -0.15) is 0 Å². The molecule has 1 aliphatic carbocycles. The van der Waals surface area contributed by atoms with Crippen molar-refractivity contribution in [3.8, 4) is 0 Å². The van der Waals surface area contributed by atoms with E-state index in [0.717, 1.165) is 31.7 Å². The Morgan fingerprint density at radius 3 is 2.39 bits per heavy atom. The van der Waals surface area contributed by atoms with Gasteiger partial charge in [0.1, 0.15) is 5.69 Å². The van der Waals surface area contributed by atoms with E-state index in [1.807, 2.05) is 4.90 Å². The molecule has 8 nitrogen and oxygen atoms in total. The van der Waals surface area contributed by atoms with E-state index in [1.54, 1.807) is 14.2 Å². The van der Waals surface area contributed by atoms with Gasteiger partial charge in [0.05, 0.1) is 15.9 Å². The van der Waals surface area contributed by atoms with Crippen molar-refractivity contribution in [1.82, 2.24) is 0 Å². The number of nitrogens with zero attached hydrogens (tertiary/aromatic N) is 2. The van der Waals surface area contributed by atoms with Gasteiger partial charge in [0.2, 0.25) is 10.0 Å². The van der Waals surface area contributed by atoms with Gasteiger partial charge in [0.25, 0.3) is 5.69 Å². The van der Waals surface area contributed by atoms with Crippen LogP contribution in [0.1, 0.15) is 25.7 Å². The van der Waals surface area contributed by atoms with Crippen molar-refractivity contribution in [2.24, 2.45) is 5.14 Å². The number of rotatable bonds is 5. The van der Waals surface area contributed by atoms with Crippen LogP contribution in [0.3, 0.4) is 0 Å². The third-order valence-electron chi connectivity index (χ3n) is 4.38. The molecule has 23 heavy (non-hydrogen) atoms. The monoisotopic (exact) mass is 343 g/mol. The van der Waals surface area contributed by atoms with Crippen LogP contribution in [-0.4, -0.2) is 39.6 Å². The van der Waals surface area contributed by atoms with Crippen molar-refractivity contribution in [1.29, 1.82) is 0 Å². The van der Waals surface area contributed by atoms with Crippen molar-refractivity contribution in [2.45, 2.75) is 42.7 Å². The zero-order chi connectivity index (χ0) is 17.2. The average molecular weight is 343 g/mol. The van der Waals surface area contributed by atoms with Gasteiger partial charge in [-0.25, -0.2) is 13.6 Å². The number of hydrogen-bond acceptors (Lipinski definition) is 6. The van der Waals surface area contributed by atoms with E-state index in [-0.39, 0.29) is 22.7 Å². The summed E-state index contributed by atoms with van der Waals surface area (Å²) in [6.45, 7) is 0. The van der Waals surface area contributed by atoms with E-state index in [9.17, 15) is 18.5 Å². The first kappa shape index (κ1) is 17.6. The lowest BCUT2D eigenvalue weighted by atomic mass is 9.91. The molecule has 0 heterocycles. The van der Waals surface area contributed by atoms with Crippen LogP contribution in [0.25, 0.3) is 0 Å². The van der Waals surface area contributed by atoms with E-state index >= 15 is 0 Å². The zero-order valence-corrected chi connectivity index (χ0v) is 14.0. The van der Waals surface area contributed by atoms with Crippen molar-refractivity contribution in [3.63, 3.8) is 0 Å². The Morgan fingerprint density at radius 1 is 1.30 bits per heavy atom. The predicted octanol–water partition coefficient (Wildman–Crippen LogP) is 1.64. The Labute approximate surface area is 135 Å². The molecule has 1 aromatic carbocycles. The summed E-state index contributed by atoms with van der Waals surface area (Å²) in [7, 11) is -0.502. The summed E-state index contributed by atoms with van der Waals surface area (Å²) < 4.78 is 28.1. The maximum absolute atomic E-state index is 11.4. The van der Waals surface area contributed by atoms with E-state index in [4.69, 9.17) is 9.88 Å². The molecular formula is C14H21N3O5S. The van der Waals surface area contributed by atoms with Crippen molar-refractivity contribution in [3.05, 3.63) is 28.3 Å². The smallest absolute Gasteiger partial charge is 0.293 e. The van der Waals surface area contributed by atoms with Crippen molar-refractivity contribution in [2.75, 3.05) is 19.1 Å². The highest BCUT2D eigenvalue weighted by atomic mass is 32.2. The summed E-state index contributed by atoms with van der Waals surface area (Å²) in [5.74, 6) is 0. The second-order valence-electron chi connectivity index (χ2n) is 5.73. The van der Waals surface area contributed by atoms with Gasteiger partial charge in [-0.3, -0.25) is 10.1 Å². The average Bonchev–Trinajstić information content (AvgIpc) is 2.52. The number of ether oxygens (including phenoxy) is 1. The van der Waals surface area contributed by atoms with Gasteiger partial charge in [-0.15, -0.1) is 0 Å². The molecule has 1 aliphatic rings. The van der Waals surface area contributed by atoms with Crippen LogP contribution in [0.15, 0.2) is 23.1 Å². The maximum Gasteiger partial charge on any atom is 0.293 e. The topological polar surface area (TPSA) is 116 Å². The van der Waals surface area contributed by atoms with Gasteiger partial charge < -0.3 is 9.64 Å². The summed E-state index contributed by atoms with van der Waals surface area (Å²) in [6.07, 6.45) is 3.76. The molecule has 0 aliphatic heterocycles. The minimum Gasteiger partial charge on any atom is -0.381 e. The molecule has 1 fully saturated rings. The highest BCUT2D eigenvalue weighted by Crippen LogP contribution is 2.34. The molecule has 0 unspecified atom stereocenters. The van der Waals surface area contributed by atoms with Crippen molar-refractivity contribution >= 4 is 21.4 Å². The number of nitro benzene ring substituents is 1. The number of methoxy groups -OCH3 is 1. The molecule has 1 saturated carbocycles. The zero-order valence-electron chi connectivity index (χ0n) is 13.1. The van der Waals surface area contributed by atoms with Gasteiger partial charge in [0.15, 0.2) is 0 Å². The fourth-order valence-corrected chi connectivity index (χ4v) is 3.52. The standard InChI is InChI=1S/C14H21N3O5S/c1-16(10-3-5-11(22-2)6-4-10)13-8-7-12(23(15,20)21)9-14(13)17(18)19/h7-11H,3-6H2,1-2H3,(H2,15,20,21)/t10-,11-. The molecule has 2 N–H and O–H groups in total. The Morgan fingerprint density at radius 2 is 1.91 bits per heavy atom. The molecule has 9 heteroatoms. The SMILES string of the molecule is CO[C@H]1CC[C@H](N(C)c2ccc(S(N)(=O)=O)cc2[N+](=O)[O-])CC1. The van der Waals surface area contributed by atoms with Gasteiger partial charge in [-0.05, 0) is 37.8 Å². The minimum absolute atomic E-state index is 0.153. The first-order chi connectivity index (χ1) is 10.7. The summed E-state index contributed by atoms with van der Waals surface area (Å²) in [6, 6.07) is 3.91. The fourth-order valence-electron chi connectivity index (χ4n) is 2.99. The summed E-state index contributed by atoms with van der Waals surface area (Å²) in [4.78, 5) is 12.3. The molecule has 0 bridgehead atoms. The molecular weight excluding hydrogens is 322 g/mol. The van der Waals surface area contributed by atoms with Crippen LogP contribution < -0.4 is 10.0 Å². The third-order valence-corrected chi connectivity index (χ3v) is 5.29. The van der Waals surface area contributed by atoms with Crippen LogP contribution in [0.5, 0.6) is 0 Å². The predicted molar refractivity (Wildman–Crippen MR) is 85.9 cm³/mol. The quantitative estimate of drug-likeness (QED) is 0.642. The van der Waals surface area contributed by atoms with Crippen LogP contribution in [0, 0.1) is 10.1 Å². The van der Waals surface area contributed by atoms with Crippen LogP contribution in [-0.2, 0) is 14.8 Å². The normalized spacial score (nSPS) is 21.9. The molecule has 128 valence electrons. The number of primary sulfonamides is 1. The Hall–Kier alpha value is -1.71. The van der Waals surface area contributed by atoms with E-state index in [1.165, 1.54) is 12.1 Å². The number of hydrogen-bond donors (Lipinski definition) is 1. The Kier molecular flexibility index (Phi) is 5.23. The lowest BCUT2D eigenvalue weighted by molar-refractivity contribution is -0.384. The molecule has 0 aromatic heterocycles. The van der Waals surface area contributed by atoms with Gasteiger partial charge in [0, 0.05) is 26.3 Å². The van der Waals surface area contributed by atoms with Crippen LogP contribution >= 0.6 is 0 Å². The summed E-state index contributed by atoms with van der Waals surface area (Å²) in [5, 5.41) is 16.4. The third kappa shape index (κ3) is 3.98.